The maximum Gasteiger partial charge on any atom is 0.424 e. The second-order valence-electron chi connectivity index (χ2n) is 8.02. The summed E-state index contributed by atoms with van der Waals surface area (Å²) in [6.07, 6.45) is -5.94. The first kappa shape index (κ1) is 22.8. The van der Waals surface area contributed by atoms with Crippen molar-refractivity contribution in [1.29, 1.82) is 0 Å². The van der Waals surface area contributed by atoms with Gasteiger partial charge in [0, 0.05) is 19.0 Å². The van der Waals surface area contributed by atoms with E-state index in [0.29, 0.717) is 6.92 Å². The summed E-state index contributed by atoms with van der Waals surface area (Å²) in [5, 5.41) is 9.55. The monoisotopic (exact) mass is 417 g/mol. The number of carbonyl (C=O) groups excluding carboxylic acids is 2. The minimum atomic E-state index is -5.15. The molecule has 0 spiro atoms. The number of Topliss-reactive ketones (excluding diaryl/α,β-unsaturated/α-hetero) is 1. The number of aliphatic imine (C=N–C) groups is 1. The van der Waals surface area contributed by atoms with E-state index in [-0.39, 0.29) is 17.1 Å². The Bertz CT molecular complexity index is 893. The number of amides is 1. The van der Waals surface area contributed by atoms with E-state index in [1.165, 1.54) is 20.0 Å². The molecule has 1 amide bonds. The normalized spacial score (nSPS) is 24.1. The van der Waals surface area contributed by atoms with E-state index in [4.69, 9.17) is 5.73 Å². The number of carbonyl (C=O) groups is 2. The van der Waals surface area contributed by atoms with Gasteiger partial charge in [0.15, 0.2) is 11.7 Å². The highest BCUT2D eigenvalue weighted by Gasteiger charge is 2.56. The lowest BCUT2D eigenvalue weighted by Gasteiger charge is -2.46. The van der Waals surface area contributed by atoms with Gasteiger partial charge in [-0.25, -0.2) is 9.38 Å². The van der Waals surface area contributed by atoms with Gasteiger partial charge in [-0.3, -0.25) is 14.5 Å². The van der Waals surface area contributed by atoms with Gasteiger partial charge in [-0.1, -0.05) is 6.07 Å². The summed E-state index contributed by atoms with van der Waals surface area (Å²) in [6, 6.07) is 3.30. The smallest absolute Gasteiger partial charge is 0.374 e. The fourth-order valence-electron chi connectivity index (χ4n) is 3.14. The van der Waals surface area contributed by atoms with Crippen molar-refractivity contribution in [2.45, 2.75) is 51.4 Å². The number of ketones is 1. The van der Waals surface area contributed by atoms with Gasteiger partial charge in [-0.05, 0) is 45.4 Å². The Kier molecular flexibility index (Phi) is 5.34. The summed E-state index contributed by atoms with van der Waals surface area (Å²) in [5.41, 5.74) is -0.527. The van der Waals surface area contributed by atoms with E-state index >= 15 is 0 Å². The molecule has 0 aliphatic carbocycles. The molecule has 6 nitrogen and oxygen atoms in total. The summed E-state index contributed by atoms with van der Waals surface area (Å²) >= 11 is 0. The molecule has 3 N–H and O–H groups in total. The second-order valence-corrected chi connectivity index (χ2v) is 8.02. The van der Waals surface area contributed by atoms with E-state index in [9.17, 15) is 32.3 Å². The molecule has 29 heavy (non-hydrogen) atoms. The van der Waals surface area contributed by atoms with Crippen molar-refractivity contribution in [2.75, 3.05) is 7.05 Å². The molecule has 2 atom stereocenters. The SMILES string of the molecule is CN1C(=O)C(C)(C)[C@@](C)(c2cc(CC(=O)[C@](C)(O)C(F)(F)F)ccc2F)N=C1N. The molecular formula is C19H23F4N3O3. The molecule has 0 unspecified atom stereocenters. The molecule has 0 aromatic heterocycles. The van der Waals surface area contributed by atoms with Crippen LogP contribution in [-0.2, 0) is 21.5 Å². The topological polar surface area (TPSA) is 96.0 Å². The Balaban J connectivity index is 2.54. The average molecular weight is 417 g/mol. The predicted molar refractivity (Wildman–Crippen MR) is 97.3 cm³/mol. The van der Waals surface area contributed by atoms with E-state index in [0.717, 1.165) is 17.0 Å². The van der Waals surface area contributed by atoms with Crippen LogP contribution in [0.1, 0.15) is 38.8 Å². The molecule has 160 valence electrons. The number of aliphatic hydroxyl groups is 1. The van der Waals surface area contributed by atoms with Crippen molar-refractivity contribution in [1.82, 2.24) is 4.90 Å². The molecule has 1 aromatic carbocycles. The van der Waals surface area contributed by atoms with Crippen LogP contribution in [0.4, 0.5) is 17.6 Å². The molecule has 10 heteroatoms. The average Bonchev–Trinajstić information content (AvgIpc) is 2.59. The zero-order chi connectivity index (χ0) is 22.6. The third-order valence-electron chi connectivity index (χ3n) is 5.75. The molecule has 1 heterocycles. The maximum absolute atomic E-state index is 14.7. The zero-order valence-electron chi connectivity index (χ0n) is 16.7. The third kappa shape index (κ3) is 3.50. The summed E-state index contributed by atoms with van der Waals surface area (Å²) < 4.78 is 53.4. The number of halogens is 4. The van der Waals surface area contributed by atoms with Crippen molar-refractivity contribution >= 4 is 17.6 Å². The van der Waals surface area contributed by atoms with Crippen LogP contribution < -0.4 is 5.73 Å². The molecule has 1 aliphatic heterocycles. The van der Waals surface area contributed by atoms with Crippen LogP contribution in [0.5, 0.6) is 0 Å². The molecule has 2 rings (SSSR count). The second kappa shape index (κ2) is 6.79. The van der Waals surface area contributed by atoms with Crippen LogP contribution in [0.2, 0.25) is 0 Å². The van der Waals surface area contributed by atoms with Gasteiger partial charge in [0.25, 0.3) is 0 Å². The summed E-state index contributed by atoms with van der Waals surface area (Å²) in [4.78, 5) is 30.1. The van der Waals surface area contributed by atoms with Crippen molar-refractivity contribution in [3.05, 3.63) is 35.1 Å². The van der Waals surface area contributed by atoms with Gasteiger partial charge in [-0.15, -0.1) is 0 Å². The first-order valence-corrected chi connectivity index (χ1v) is 8.71. The highest BCUT2D eigenvalue weighted by Crippen LogP contribution is 2.47. The standard InChI is InChI=1S/C19H23F4N3O3/c1-16(2)14(28)26(5)15(24)25-17(16,3)11-8-10(6-7-12(11)20)9-13(27)18(4,29)19(21,22)23/h6-8,29H,9H2,1-5H3,(H2,24,25)/t17-,18+/m1/s1. The number of benzene rings is 1. The Morgan fingerprint density at radius 1 is 1.28 bits per heavy atom. The van der Waals surface area contributed by atoms with Crippen molar-refractivity contribution in [3.63, 3.8) is 0 Å². The van der Waals surface area contributed by atoms with Crippen LogP contribution in [0.25, 0.3) is 0 Å². The van der Waals surface area contributed by atoms with Crippen LogP contribution in [0, 0.1) is 11.2 Å². The molecule has 0 saturated carbocycles. The Labute approximate surface area is 165 Å². The van der Waals surface area contributed by atoms with Crippen LogP contribution in [-0.4, -0.2) is 46.5 Å². The van der Waals surface area contributed by atoms with Gasteiger partial charge in [0.1, 0.15) is 11.4 Å². The molecule has 0 fully saturated rings. The van der Waals surface area contributed by atoms with E-state index < -0.39 is 46.7 Å². The van der Waals surface area contributed by atoms with E-state index in [1.54, 1.807) is 13.8 Å². The van der Waals surface area contributed by atoms with Crippen LogP contribution in [0.15, 0.2) is 23.2 Å². The number of hydrogen-bond donors (Lipinski definition) is 2. The van der Waals surface area contributed by atoms with Gasteiger partial charge in [-0.2, -0.15) is 13.2 Å². The fraction of sp³-hybridized carbons (Fsp3) is 0.526. The number of rotatable bonds is 4. The Morgan fingerprint density at radius 2 is 1.83 bits per heavy atom. The zero-order valence-corrected chi connectivity index (χ0v) is 16.7. The molecule has 0 bridgehead atoms. The minimum absolute atomic E-state index is 0.0353. The molecule has 0 radical (unpaired) electrons. The first-order valence-electron chi connectivity index (χ1n) is 8.71. The summed E-state index contributed by atoms with van der Waals surface area (Å²) in [5.74, 6) is -2.81. The van der Waals surface area contributed by atoms with Crippen molar-refractivity contribution in [3.8, 4) is 0 Å². The first-order chi connectivity index (χ1) is 13.0. The van der Waals surface area contributed by atoms with Crippen LogP contribution >= 0.6 is 0 Å². The maximum atomic E-state index is 14.7. The van der Waals surface area contributed by atoms with Crippen LogP contribution in [0.3, 0.4) is 0 Å². The van der Waals surface area contributed by atoms with E-state index in [2.05, 4.69) is 4.99 Å². The lowest BCUT2D eigenvalue weighted by molar-refractivity contribution is -0.243. The fourth-order valence-corrected chi connectivity index (χ4v) is 3.14. The number of nitrogens with zero attached hydrogens (tertiary/aromatic N) is 2. The summed E-state index contributed by atoms with van der Waals surface area (Å²) in [6.45, 7) is 4.95. The highest BCUT2D eigenvalue weighted by atomic mass is 19.4. The Morgan fingerprint density at radius 3 is 2.34 bits per heavy atom. The van der Waals surface area contributed by atoms with Gasteiger partial charge < -0.3 is 10.8 Å². The quantitative estimate of drug-likeness (QED) is 0.735. The number of nitrogens with two attached hydrogens (primary N) is 1. The number of guanidine groups is 1. The molecular weight excluding hydrogens is 394 g/mol. The molecule has 1 aromatic rings. The lowest BCUT2D eigenvalue weighted by atomic mass is 9.67. The largest absolute Gasteiger partial charge is 0.424 e. The van der Waals surface area contributed by atoms with Gasteiger partial charge in [0.05, 0.1) is 5.41 Å². The minimum Gasteiger partial charge on any atom is -0.374 e. The van der Waals surface area contributed by atoms with Gasteiger partial charge in [0.2, 0.25) is 11.5 Å². The molecule has 0 saturated heterocycles. The predicted octanol–water partition coefficient (Wildman–Crippen LogP) is 2.28. The van der Waals surface area contributed by atoms with Gasteiger partial charge >= 0.3 is 6.18 Å². The third-order valence-corrected chi connectivity index (χ3v) is 5.75. The molecule has 1 aliphatic rings. The lowest BCUT2D eigenvalue weighted by Crippen LogP contribution is -2.58. The summed E-state index contributed by atoms with van der Waals surface area (Å²) in [7, 11) is 1.42. The highest BCUT2D eigenvalue weighted by molar-refractivity contribution is 6.01. The number of hydrogen-bond acceptors (Lipinski definition) is 5. The Hall–Kier alpha value is -2.49. The van der Waals surface area contributed by atoms with Crippen molar-refractivity contribution < 1.29 is 32.3 Å². The van der Waals surface area contributed by atoms with E-state index in [1.807, 2.05) is 0 Å². The van der Waals surface area contributed by atoms with Crippen molar-refractivity contribution in [2.24, 2.45) is 16.1 Å². The number of alkyl halides is 3.